The summed E-state index contributed by atoms with van der Waals surface area (Å²) in [5, 5.41) is 0. The Labute approximate surface area is 137 Å². The van der Waals surface area contributed by atoms with E-state index in [1.807, 2.05) is 12.2 Å². The van der Waals surface area contributed by atoms with Crippen LogP contribution in [0.1, 0.15) is 28.2 Å². The Kier molecular flexibility index (Phi) is 3.68. The quantitative estimate of drug-likeness (QED) is 0.644. The minimum absolute atomic E-state index is 0.431. The Morgan fingerprint density at radius 3 is 2.39 bits per heavy atom. The van der Waals surface area contributed by atoms with Gasteiger partial charge in [0.2, 0.25) is 0 Å². The normalized spacial score (nSPS) is 15.6. The first-order valence-corrected chi connectivity index (χ1v) is 8.05. The van der Waals surface area contributed by atoms with Crippen LogP contribution >= 0.6 is 0 Å². The van der Waals surface area contributed by atoms with Crippen LogP contribution < -0.4 is 0 Å². The molecule has 0 nitrogen and oxygen atoms in total. The molecule has 0 fully saturated rings. The largest absolute Gasteiger partial charge is 0.112 e. The van der Waals surface area contributed by atoms with Crippen molar-refractivity contribution >= 4 is 5.57 Å². The monoisotopic (exact) mass is 294 g/mol. The van der Waals surface area contributed by atoms with Crippen molar-refractivity contribution in [2.75, 3.05) is 0 Å². The minimum atomic E-state index is 0.431. The number of benzene rings is 2. The molecule has 0 heterocycles. The zero-order valence-corrected chi connectivity index (χ0v) is 12.9. The van der Waals surface area contributed by atoms with Crippen molar-refractivity contribution in [2.24, 2.45) is 0 Å². The summed E-state index contributed by atoms with van der Waals surface area (Å²) < 4.78 is 0. The van der Waals surface area contributed by atoms with Crippen molar-refractivity contribution in [3.05, 3.63) is 119 Å². The van der Waals surface area contributed by atoms with E-state index in [0.29, 0.717) is 5.92 Å². The number of hydrogen-bond acceptors (Lipinski definition) is 0. The fraction of sp³-hybridized carbons (Fsp3) is 0.0870. The third kappa shape index (κ3) is 3.04. The first-order chi connectivity index (χ1) is 11.4. The molecule has 4 rings (SSSR count). The predicted molar refractivity (Wildman–Crippen MR) is 97.3 cm³/mol. The molecule has 0 bridgehead atoms. The maximum Gasteiger partial charge on any atom is 0.0237 e. The Bertz CT molecular complexity index is 872. The molecule has 2 aliphatic carbocycles. The fourth-order valence-electron chi connectivity index (χ4n) is 3.16. The van der Waals surface area contributed by atoms with E-state index in [9.17, 15) is 0 Å². The summed E-state index contributed by atoms with van der Waals surface area (Å²) in [6.45, 7) is 0. The van der Waals surface area contributed by atoms with Gasteiger partial charge in [0.25, 0.3) is 0 Å². The molecule has 0 saturated carbocycles. The average Bonchev–Trinajstić information content (AvgIpc) is 3.29. The van der Waals surface area contributed by atoms with Gasteiger partial charge in [-0.3, -0.25) is 0 Å². The highest BCUT2D eigenvalue weighted by atomic mass is 14.1. The van der Waals surface area contributed by atoms with Crippen molar-refractivity contribution in [3.8, 4) is 0 Å². The van der Waals surface area contributed by atoms with Gasteiger partial charge in [0.1, 0.15) is 0 Å². The Hall–Kier alpha value is -2.82. The highest BCUT2D eigenvalue weighted by Crippen LogP contribution is 2.25. The molecule has 0 radical (unpaired) electrons. The van der Waals surface area contributed by atoms with Crippen molar-refractivity contribution in [2.45, 2.75) is 12.3 Å². The Morgan fingerprint density at radius 1 is 0.826 bits per heavy atom. The summed E-state index contributed by atoms with van der Waals surface area (Å²) >= 11 is 0. The summed E-state index contributed by atoms with van der Waals surface area (Å²) in [4.78, 5) is 0. The van der Waals surface area contributed by atoms with Crippen molar-refractivity contribution < 1.29 is 0 Å². The van der Waals surface area contributed by atoms with Gasteiger partial charge in [-0.25, -0.2) is 0 Å². The van der Waals surface area contributed by atoms with Crippen LogP contribution in [-0.4, -0.2) is 0 Å². The standard InChI is InChI=1S/C23H18/c1-2-10-20(9-1)22-13-5-7-18(16-22)15-19-8-6-14-23(17-19)21-11-3-4-12-21/h1-11,13-14,16-17,20H,15H2. The molecular weight excluding hydrogens is 276 g/mol. The van der Waals surface area contributed by atoms with Gasteiger partial charge in [0.15, 0.2) is 0 Å². The molecule has 0 aromatic heterocycles. The minimum Gasteiger partial charge on any atom is -0.112 e. The van der Waals surface area contributed by atoms with Gasteiger partial charge >= 0.3 is 0 Å². The second-order valence-corrected chi connectivity index (χ2v) is 6.00. The molecule has 0 aliphatic heterocycles. The first kappa shape index (κ1) is 13.8. The van der Waals surface area contributed by atoms with E-state index < -0.39 is 0 Å². The highest BCUT2D eigenvalue weighted by Gasteiger charge is 2.08. The molecule has 0 N–H and O–H groups in total. The van der Waals surface area contributed by atoms with Gasteiger partial charge in [-0.05, 0) is 40.8 Å². The van der Waals surface area contributed by atoms with Gasteiger partial charge < -0.3 is 0 Å². The molecule has 2 aromatic rings. The van der Waals surface area contributed by atoms with Crippen LogP contribution in [0, 0.1) is 0 Å². The molecule has 23 heavy (non-hydrogen) atoms. The fourth-order valence-corrected chi connectivity index (χ4v) is 3.16. The van der Waals surface area contributed by atoms with Gasteiger partial charge in [-0.15, -0.1) is 5.73 Å². The molecule has 2 aromatic carbocycles. The Morgan fingerprint density at radius 2 is 1.61 bits per heavy atom. The van der Waals surface area contributed by atoms with Crippen LogP contribution in [0.4, 0.5) is 0 Å². The van der Waals surface area contributed by atoms with E-state index in [0.717, 1.165) is 6.42 Å². The van der Waals surface area contributed by atoms with Crippen LogP contribution in [-0.2, 0) is 6.42 Å². The van der Waals surface area contributed by atoms with E-state index in [1.165, 1.54) is 27.8 Å². The van der Waals surface area contributed by atoms with E-state index in [-0.39, 0.29) is 0 Å². The summed E-state index contributed by atoms with van der Waals surface area (Å²) in [5.41, 5.74) is 9.75. The summed E-state index contributed by atoms with van der Waals surface area (Å²) in [6.07, 6.45) is 15.8. The van der Waals surface area contributed by atoms with Crippen molar-refractivity contribution in [1.82, 2.24) is 0 Å². The summed E-state index contributed by atoms with van der Waals surface area (Å²) in [5.74, 6) is 0.431. The lowest BCUT2D eigenvalue weighted by Gasteiger charge is -2.09. The zero-order chi connectivity index (χ0) is 15.5. The highest BCUT2D eigenvalue weighted by molar-refractivity contribution is 5.76. The lowest BCUT2D eigenvalue weighted by Crippen LogP contribution is -1.94. The van der Waals surface area contributed by atoms with E-state index in [4.69, 9.17) is 0 Å². The molecule has 0 amide bonds. The number of rotatable bonds is 4. The van der Waals surface area contributed by atoms with Crippen LogP contribution in [0.15, 0.2) is 96.8 Å². The molecule has 0 atom stereocenters. The van der Waals surface area contributed by atoms with Gasteiger partial charge in [0, 0.05) is 11.5 Å². The molecule has 2 aliphatic rings. The molecular formula is C23H18. The van der Waals surface area contributed by atoms with E-state index in [2.05, 4.69) is 84.6 Å². The predicted octanol–water partition coefficient (Wildman–Crippen LogP) is 5.60. The maximum absolute atomic E-state index is 3.28. The lowest BCUT2D eigenvalue weighted by atomic mass is 9.95. The third-order valence-corrected chi connectivity index (χ3v) is 4.33. The van der Waals surface area contributed by atoms with Crippen LogP contribution in [0.25, 0.3) is 5.57 Å². The topological polar surface area (TPSA) is 0 Å². The van der Waals surface area contributed by atoms with Crippen molar-refractivity contribution in [3.63, 3.8) is 0 Å². The number of hydrogen-bond donors (Lipinski definition) is 0. The zero-order valence-electron chi connectivity index (χ0n) is 12.9. The molecule has 0 unspecified atom stereocenters. The van der Waals surface area contributed by atoms with Crippen molar-refractivity contribution in [1.29, 1.82) is 0 Å². The van der Waals surface area contributed by atoms with Crippen LogP contribution in [0.2, 0.25) is 0 Å². The first-order valence-electron chi connectivity index (χ1n) is 8.05. The van der Waals surface area contributed by atoms with Gasteiger partial charge in [-0.1, -0.05) is 78.9 Å². The number of allylic oxidation sites excluding steroid dienone is 7. The van der Waals surface area contributed by atoms with Gasteiger partial charge in [-0.2, -0.15) is 0 Å². The Balaban J connectivity index is 1.58. The maximum atomic E-state index is 3.28. The molecule has 110 valence electrons. The summed E-state index contributed by atoms with van der Waals surface area (Å²) in [7, 11) is 0. The molecule has 0 saturated heterocycles. The lowest BCUT2D eigenvalue weighted by molar-refractivity contribution is 1.08. The van der Waals surface area contributed by atoms with Crippen LogP contribution in [0.5, 0.6) is 0 Å². The summed E-state index contributed by atoms with van der Waals surface area (Å²) in [6, 6.07) is 17.7. The van der Waals surface area contributed by atoms with Crippen LogP contribution in [0.3, 0.4) is 0 Å². The van der Waals surface area contributed by atoms with E-state index >= 15 is 0 Å². The molecule has 0 spiro atoms. The smallest absolute Gasteiger partial charge is 0.0237 e. The SMILES string of the molecule is C1=CC=CC=1c1cccc(Cc2cccc(C3C=CC=C3)c2)c1. The second kappa shape index (κ2) is 6.12. The van der Waals surface area contributed by atoms with Gasteiger partial charge in [0.05, 0.1) is 0 Å². The van der Waals surface area contributed by atoms with E-state index in [1.54, 1.807) is 0 Å². The second-order valence-electron chi connectivity index (χ2n) is 6.00. The average molecular weight is 294 g/mol. The third-order valence-electron chi connectivity index (χ3n) is 4.33. The molecule has 0 heteroatoms.